The van der Waals surface area contributed by atoms with Crippen LogP contribution in [0, 0.1) is 23.2 Å². The highest BCUT2D eigenvalue weighted by atomic mass is 16.3. The van der Waals surface area contributed by atoms with Gasteiger partial charge in [-0.1, -0.05) is 0 Å². The lowest BCUT2D eigenvalue weighted by Crippen LogP contribution is -2.51. The molecule has 0 spiro atoms. The zero-order valence-electron chi connectivity index (χ0n) is 14.8. The molecule has 5 rings (SSSR count). The zero-order valence-corrected chi connectivity index (χ0v) is 14.8. The number of hydrogen-bond donors (Lipinski definition) is 2. The fourth-order valence-electron chi connectivity index (χ4n) is 5.83. The van der Waals surface area contributed by atoms with E-state index >= 15 is 0 Å². The number of nitrogens with one attached hydrogen (secondary N) is 2. The Morgan fingerprint density at radius 1 is 1.08 bits per heavy atom. The van der Waals surface area contributed by atoms with E-state index in [4.69, 9.17) is 4.42 Å². The molecule has 0 radical (unpaired) electrons. The molecule has 136 valence electrons. The summed E-state index contributed by atoms with van der Waals surface area (Å²) in [5.74, 6) is 2.95. The normalized spacial score (nSPS) is 32.6. The van der Waals surface area contributed by atoms with Crippen molar-refractivity contribution in [3.63, 3.8) is 0 Å². The Balaban J connectivity index is 1.16. The van der Waals surface area contributed by atoms with Gasteiger partial charge in [0.2, 0.25) is 5.91 Å². The van der Waals surface area contributed by atoms with Crippen molar-refractivity contribution in [2.75, 3.05) is 13.1 Å². The summed E-state index contributed by atoms with van der Waals surface area (Å²) in [6, 6.07) is 3.32. The van der Waals surface area contributed by atoms with E-state index < -0.39 is 0 Å². The van der Waals surface area contributed by atoms with Crippen LogP contribution >= 0.6 is 0 Å². The minimum atomic E-state index is -0.223. The van der Waals surface area contributed by atoms with Crippen molar-refractivity contribution in [3.8, 4) is 0 Å². The maximum Gasteiger partial charge on any atom is 0.286 e. The number of amides is 2. The summed E-state index contributed by atoms with van der Waals surface area (Å²) in [6.45, 7) is 1.35. The molecule has 4 aliphatic carbocycles. The molecule has 2 N–H and O–H groups in total. The smallest absolute Gasteiger partial charge is 0.286 e. The van der Waals surface area contributed by atoms with Gasteiger partial charge in [0.15, 0.2) is 5.76 Å². The van der Waals surface area contributed by atoms with E-state index in [9.17, 15) is 9.59 Å². The molecule has 0 aliphatic heterocycles. The molecule has 5 heteroatoms. The molecule has 0 atom stereocenters. The Morgan fingerprint density at radius 2 is 1.76 bits per heavy atom. The van der Waals surface area contributed by atoms with Gasteiger partial charge in [-0.2, -0.15) is 0 Å². The number of carbonyl (C=O) groups excluding carboxylic acids is 2. The fraction of sp³-hybridized carbons (Fsp3) is 0.700. The highest BCUT2D eigenvalue weighted by molar-refractivity contribution is 5.91. The third-order valence-corrected chi connectivity index (χ3v) is 6.44. The Morgan fingerprint density at radius 3 is 2.36 bits per heavy atom. The summed E-state index contributed by atoms with van der Waals surface area (Å²) in [7, 11) is 0. The minimum Gasteiger partial charge on any atom is -0.459 e. The van der Waals surface area contributed by atoms with Crippen molar-refractivity contribution in [3.05, 3.63) is 24.2 Å². The van der Waals surface area contributed by atoms with Gasteiger partial charge in [0.1, 0.15) is 0 Å². The van der Waals surface area contributed by atoms with Crippen LogP contribution in [0.5, 0.6) is 0 Å². The molecule has 0 aromatic carbocycles. The van der Waals surface area contributed by atoms with Crippen LogP contribution in [0.25, 0.3) is 0 Å². The van der Waals surface area contributed by atoms with E-state index in [0.29, 0.717) is 30.6 Å². The van der Waals surface area contributed by atoms with Gasteiger partial charge in [-0.15, -0.1) is 0 Å². The first-order chi connectivity index (χ1) is 12.1. The highest BCUT2D eigenvalue weighted by Crippen LogP contribution is 2.59. The van der Waals surface area contributed by atoms with Crippen molar-refractivity contribution in [1.29, 1.82) is 0 Å². The molecular formula is C20H28N2O3. The second-order valence-electron chi connectivity index (χ2n) is 8.53. The van der Waals surface area contributed by atoms with Crippen molar-refractivity contribution >= 4 is 11.8 Å². The van der Waals surface area contributed by atoms with Crippen LogP contribution in [-0.2, 0) is 4.79 Å². The van der Waals surface area contributed by atoms with E-state index in [-0.39, 0.29) is 11.8 Å². The van der Waals surface area contributed by atoms with Crippen molar-refractivity contribution in [1.82, 2.24) is 10.6 Å². The number of carbonyl (C=O) groups is 2. The lowest BCUT2D eigenvalue weighted by Gasteiger charge is -2.56. The standard InChI is InChI=1S/C20H28N2O3/c23-18(4-1-5-21-19(24)17-3-2-6-25-17)22-13-20-10-14-7-15(11-20)9-16(8-14)12-20/h2-3,6,14-16H,1,4-5,7-13H2,(H,21,24)(H,22,23). The van der Waals surface area contributed by atoms with Gasteiger partial charge in [-0.3, -0.25) is 9.59 Å². The van der Waals surface area contributed by atoms with E-state index in [2.05, 4.69) is 10.6 Å². The molecule has 2 amide bonds. The molecule has 1 heterocycles. The maximum atomic E-state index is 12.2. The second-order valence-corrected chi connectivity index (χ2v) is 8.53. The molecule has 5 nitrogen and oxygen atoms in total. The predicted octanol–water partition coefficient (Wildman–Crippen LogP) is 3.12. The predicted molar refractivity (Wildman–Crippen MR) is 93.9 cm³/mol. The largest absolute Gasteiger partial charge is 0.459 e. The Labute approximate surface area is 148 Å². The lowest BCUT2D eigenvalue weighted by atomic mass is 9.49. The van der Waals surface area contributed by atoms with Crippen LogP contribution in [0.3, 0.4) is 0 Å². The third-order valence-electron chi connectivity index (χ3n) is 6.44. The molecule has 4 fully saturated rings. The molecular weight excluding hydrogens is 316 g/mol. The van der Waals surface area contributed by atoms with Gasteiger partial charge in [0.05, 0.1) is 6.26 Å². The second kappa shape index (κ2) is 6.85. The van der Waals surface area contributed by atoms with Gasteiger partial charge >= 0.3 is 0 Å². The monoisotopic (exact) mass is 344 g/mol. The van der Waals surface area contributed by atoms with Crippen LogP contribution in [0.1, 0.15) is 61.9 Å². The molecule has 1 aromatic rings. The van der Waals surface area contributed by atoms with E-state index in [1.54, 1.807) is 12.1 Å². The fourth-order valence-corrected chi connectivity index (χ4v) is 5.83. The molecule has 4 bridgehead atoms. The SMILES string of the molecule is O=C(CCCNC(=O)c1ccco1)NCC12CC3CC(CC(C3)C1)C2. The molecule has 0 unspecified atom stereocenters. The van der Waals surface area contributed by atoms with Crippen LogP contribution in [0.2, 0.25) is 0 Å². The average Bonchev–Trinajstić information content (AvgIpc) is 3.10. The van der Waals surface area contributed by atoms with E-state index in [1.165, 1.54) is 44.8 Å². The lowest BCUT2D eigenvalue weighted by molar-refractivity contribution is -0.123. The summed E-state index contributed by atoms with van der Waals surface area (Å²) in [4.78, 5) is 23.9. The zero-order chi connectivity index (χ0) is 17.3. The molecule has 4 aliphatic rings. The van der Waals surface area contributed by atoms with Crippen LogP contribution in [-0.4, -0.2) is 24.9 Å². The summed E-state index contributed by atoms with van der Waals surface area (Å²) < 4.78 is 5.04. The summed E-state index contributed by atoms with van der Waals surface area (Å²) in [5, 5.41) is 5.96. The first-order valence-electron chi connectivity index (χ1n) is 9.70. The van der Waals surface area contributed by atoms with Gasteiger partial charge in [0.25, 0.3) is 5.91 Å². The Kier molecular flexibility index (Phi) is 4.57. The summed E-state index contributed by atoms with van der Waals surface area (Å²) in [6.07, 6.45) is 10.8. The van der Waals surface area contributed by atoms with Crippen molar-refractivity contribution < 1.29 is 14.0 Å². The van der Waals surface area contributed by atoms with Crippen LogP contribution in [0.15, 0.2) is 22.8 Å². The first kappa shape index (κ1) is 16.7. The van der Waals surface area contributed by atoms with Crippen molar-refractivity contribution in [2.45, 2.75) is 51.4 Å². The highest BCUT2D eigenvalue weighted by Gasteiger charge is 2.50. The summed E-state index contributed by atoms with van der Waals surface area (Å²) >= 11 is 0. The molecule has 4 saturated carbocycles. The number of hydrogen-bond acceptors (Lipinski definition) is 3. The molecule has 0 saturated heterocycles. The molecule has 25 heavy (non-hydrogen) atoms. The Hall–Kier alpha value is -1.78. The van der Waals surface area contributed by atoms with Gasteiger partial charge in [0, 0.05) is 19.5 Å². The van der Waals surface area contributed by atoms with Crippen LogP contribution in [0.4, 0.5) is 0 Å². The van der Waals surface area contributed by atoms with Crippen LogP contribution < -0.4 is 10.6 Å². The first-order valence-corrected chi connectivity index (χ1v) is 9.70. The van der Waals surface area contributed by atoms with E-state index in [0.717, 1.165) is 24.3 Å². The quantitative estimate of drug-likeness (QED) is 0.747. The van der Waals surface area contributed by atoms with E-state index in [1.807, 2.05) is 0 Å². The number of furan rings is 1. The summed E-state index contributed by atoms with van der Waals surface area (Å²) in [5.41, 5.74) is 0.387. The molecule has 1 aromatic heterocycles. The van der Waals surface area contributed by atoms with Gasteiger partial charge < -0.3 is 15.1 Å². The third kappa shape index (κ3) is 3.75. The minimum absolute atomic E-state index is 0.114. The van der Waals surface area contributed by atoms with Gasteiger partial charge in [-0.25, -0.2) is 0 Å². The Bertz CT molecular complexity index is 588. The average molecular weight is 344 g/mol. The van der Waals surface area contributed by atoms with Crippen molar-refractivity contribution in [2.24, 2.45) is 23.2 Å². The number of rotatable bonds is 7. The maximum absolute atomic E-state index is 12.2. The van der Waals surface area contributed by atoms with Gasteiger partial charge in [-0.05, 0) is 80.2 Å². The topological polar surface area (TPSA) is 71.3 Å².